The maximum Gasteiger partial charge on any atom is 0.319 e. The number of methoxy groups -OCH3 is 1. The van der Waals surface area contributed by atoms with Gasteiger partial charge in [0.1, 0.15) is 5.75 Å². The predicted molar refractivity (Wildman–Crippen MR) is 84.0 cm³/mol. The zero-order valence-corrected chi connectivity index (χ0v) is 12.2. The van der Waals surface area contributed by atoms with Crippen molar-refractivity contribution in [3.63, 3.8) is 0 Å². The Morgan fingerprint density at radius 2 is 1.91 bits per heavy atom. The first-order valence-corrected chi connectivity index (χ1v) is 7.15. The number of anilines is 1. The van der Waals surface area contributed by atoms with E-state index in [1.807, 2.05) is 36.4 Å². The fourth-order valence-corrected chi connectivity index (χ4v) is 2.80. The maximum absolute atomic E-state index is 12.2. The number of rotatable bonds is 3. The highest BCUT2D eigenvalue weighted by Gasteiger charge is 2.31. The summed E-state index contributed by atoms with van der Waals surface area (Å²) in [6.45, 7) is 0. The summed E-state index contributed by atoms with van der Waals surface area (Å²) in [5, 5.41) is 15.7. The number of ether oxygens (including phenoxy) is 1. The number of para-hydroxylation sites is 2. The average Bonchev–Trinajstić information content (AvgIpc) is 2.84. The quantitative estimate of drug-likeness (QED) is 0.815. The van der Waals surface area contributed by atoms with Gasteiger partial charge in [0.15, 0.2) is 0 Å². The van der Waals surface area contributed by atoms with E-state index < -0.39 is 12.1 Å². The molecular formula is C17H18N2O3. The summed E-state index contributed by atoms with van der Waals surface area (Å²) in [6.07, 6.45) is -0.0590. The lowest BCUT2D eigenvalue weighted by molar-refractivity contribution is 0.144. The molecule has 3 N–H and O–H groups in total. The fraction of sp³-hybridized carbons (Fsp3) is 0.235. The first-order valence-electron chi connectivity index (χ1n) is 7.15. The molecule has 5 heteroatoms. The molecule has 0 aliphatic heterocycles. The van der Waals surface area contributed by atoms with Crippen molar-refractivity contribution < 1.29 is 14.6 Å². The van der Waals surface area contributed by atoms with E-state index in [1.54, 1.807) is 19.2 Å². The Bertz CT molecular complexity index is 687. The lowest BCUT2D eigenvalue weighted by atomic mass is 10.1. The van der Waals surface area contributed by atoms with Crippen LogP contribution in [0.25, 0.3) is 0 Å². The number of aliphatic hydroxyl groups is 1. The zero-order chi connectivity index (χ0) is 15.5. The van der Waals surface area contributed by atoms with Crippen molar-refractivity contribution >= 4 is 11.7 Å². The molecule has 5 nitrogen and oxygen atoms in total. The SMILES string of the molecule is COc1ccccc1NC(=O)N[C@@H]1c2ccccc2C[C@@H]1O. The third-order valence-corrected chi connectivity index (χ3v) is 3.85. The molecule has 1 aliphatic carbocycles. The van der Waals surface area contributed by atoms with Crippen molar-refractivity contribution in [2.75, 3.05) is 12.4 Å². The summed E-state index contributed by atoms with van der Waals surface area (Å²) in [4.78, 5) is 12.2. The lowest BCUT2D eigenvalue weighted by Crippen LogP contribution is -2.36. The maximum atomic E-state index is 12.2. The molecule has 0 saturated heterocycles. The second-order valence-corrected chi connectivity index (χ2v) is 5.25. The van der Waals surface area contributed by atoms with Gasteiger partial charge in [0.25, 0.3) is 0 Å². The number of benzene rings is 2. The normalized spacial score (nSPS) is 19.4. The molecule has 2 amide bonds. The summed E-state index contributed by atoms with van der Waals surface area (Å²) >= 11 is 0. The third-order valence-electron chi connectivity index (χ3n) is 3.85. The van der Waals surface area contributed by atoms with Crippen LogP contribution in [0.4, 0.5) is 10.5 Å². The van der Waals surface area contributed by atoms with Crippen LogP contribution in [-0.2, 0) is 6.42 Å². The van der Waals surface area contributed by atoms with Gasteiger partial charge >= 0.3 is 6.03 Å². The molecule has 3 rings (SSSR count). The molecule has 0 heterocycles. The number of urea groups is 1. The van der Waals surface area contributed by atoms with Gasteiger partial charge in [-0.05, 0) is 23.3 Å². The number of hydrogen-bond donors (Lipinski definition) is 3. The number of amides is 2. The Morgan fingerprint density at radius 1 is 1.18 bits per heavy atom. The van der Waals surface area contributed by atoms with Crippen LogP contribution in [0.15, 0.2) is 48.5 Å². The number of fused-ring (bicyclic) bond motifs is 1. The van der Waals surface area contributed by atoms with E-state index in [1.165, 1.54) is 0 Å². The molecule has 114 valence electrons. The van der Waals surface area contributed by atoms with Gasteiger partial charge in [0, 0.05) is 6.42 Å². The number of carbonyl (C=O) groups is 1. The first kappa shape index (κ1) is 14.4. The second kappa shape index (κ2) is 6.07. The topological polar surface area (TPSA) is 70.6 Å². The minimum Gasteiger partial charge on any atom is -0.495 e. The number of carbonyl (C=O) groups excluding carboxylic acids is 1. The van der Waals surface area contributed by atoms with Gasteiger partial charge in [-0.3, -0.25) is 0 Å². The van der Waals surface area contributed by atoms with Crippen LogP contribution < -0.4 is 15.4 Å². The zero-order valence-electron chi connectivity index (χ0n) is 12.2. The van der Waals surface area contributed by atoms with Crippen LogP contribution in [0.2, 0.25) is 0 Å². The van der Waals surface area contributed by atoms with Crippen LogP contribution in [0, 0.1) is 0 Å². The second-order valence-electron chi connectivity index (χ2n) is 5.25. The molecule has 2 aromatic rings. The highest BCUT2D eigenvalue weighted by Crippen LogP contribution is 2.31. The fourth-order valence-electron chi connectivity index (χ4n) is 2.80. The number of hydrogen-bond acceptors (Lipinski definition) is 3. The Morgan fingerprint density at radius 3 is 2.73 bits per heavy atom. The van der Waals surface area contributed by atoms with Crippen molar-refractivity contribution in [3.8, 4) is 5.75 Å². The van der Waals surface area contributed by atoms with E-state index in [9.17, 15) is 9.90 Å². The summed E-state index contributed by atoms with van der Waals surface area (Å²) in [5.74, 6) is 0.588. The molecule has 0 aromatic heterocycles. The van der Waals surface area contributed by atoms with E-state index in [-0.39, 0.29) is 6.03 Å². The van der Waals surface area contributed by atoms with Gasteiger partial charge in [-0.1, -0.05) is 36.4 Å². The van der Waals surface area contributed by atoms with Crippen molar-refractivity contribution in [2.45, 2.75) is 18.6 Å². The molecule has 2 aromatic carbocycles. The monoisotopic (exact) mass is 298 g/mol. The minimum absolute atomic E-state index is 0.370. The molecule has 0 radical (unpaired) electrons. The average molecular weight is 298 g/mol. The predicted octanol–water partition coefficient (Wildman–Crippen LogP) is 2.48. The lowest BCUT2D eigenvalue weighted by Gasteiger charge is -2.19. The van der Waals surface area contributed by atoms with E-state index in [0.29, 0.717) is 17.9 Å². The van der Waals surface area contributed by atoms with E-state index in [4.69, 9.17) is 4.74 Å². The van der Waals surface area contributed by atoms with Gasteiger partial charge in [-0.2, -0.15) is 0 Å². The molecule has 1 aliphatic rings. The van der Waals surface area contributed by atoms with Gasteiger partial charge in [-0.25, -0.2) is 4.79 Å². The van der Waals surface area contributed by atoms with Crippen LogP contribution >= 0.6 is 0 Å². The molecule has 0 unspecified atom stereocenters. The highest BCUT2D eigenvalue weighted by atomic mass is 16.5. The van der Waals surface area contributed by atoms with Crippen LogP contribution in [-0.4, -0.2) is 24.4 Å². The molecule has 0 spiro atoms. The van der Waals surface area contributed by atoms with Gasteiger partial charge < -0.3 is 20.5 Å². The summed E-state index contributed by atoms with van der Waals surface area (Å²) < 4.78 is 5.20. The van der Waals surface area contributed by atoms with Crippen molar-refractivity contribution in [2.24, 2.45) is 0 Å². The smallest absolute Gasteiger partial charge is 0.319 e. The van der Waals surface area contributed by atoms with Crippen molar-refractivity contribution in [3.05, 3.63) is 59.7 Å². The largest absolute Gasteiger partial charge is 0.495 e. The Balaban J connectivity index is 1.72. The highest BCUT2D eigenvalue weighted by molar-refractivity contribution is 5.91. The standard InChI is InChI=1S/C17H18N2O3/c1-22-15-9-5-4-8-13(15)18-17(21)19-16-12-7-3-2-6-11(12)10-14(16)20/h2-9,14,16,20H,10H2,1H3,(H2,18,19,21)/t14-,16+/m0/s1. The van der Waals surface area contributed by atoms with Crippen molar-refractivity contribution in [1.82, 2.24) is 5.32 Å². The summed E-state index contributed by atoms with van der Waals surface area (Å²) in [7, 11) is 1.55. The van der Waals surface area contributed by atoms with Crippen LogP contribution in [0.3, 0.4) is 0 Å². The number of aliphatic hydroxyl groups excluding tert-OH is 1. The summed E-state index contributed by atoms with van der Waals surface area (Å²) in [6, 6.07) is 14.2. The van der Waals surface area contributed by atoms with Gasteiger partial charge in [0.2, 0.25) is 0 Å². The Kier molecular flexibility index (Phi) is 3.98. The molecule has 0 fully saturated rings. The van der Waals surface area contributed by atoms with Crippen LogP contribution in [0.5, 0.6) is 5.75 Å². The van der Waals surface area contributed by atoms with Crippen molar-refractivity contribution in [1.29, 1.82) is 0 Å². The summed E-state index contributed by atoms with van der Waals surface area (Å²) in [5.41, 5.74) is 2.62. The van der Waals surface area contributed by atoms with Crippen LogP contribution in [0.1, 0.15) is 17.2 Å². The Hall–Kier alpha value is -2.53. The molecule has 2 atom stereocenters. The first-order chi connectivity index (χ1) is 10.7. The minimum atomic E-state index is -0.610. The molecule has 0 saturated carbocycles. The molecular weight excluding hydrogens is 280 g/mol. The molecule has 0 bridgehead atoms. The van der Waals surface area contributed by atoms with E-state index >= 15 is 0 Å². The van der Waals surface area contributed by atoms with E-state index in [2.05, 4.69) is 10.6 Å². The Labute approximate surface area is 128 Å². The third kappa shape index (κ3) is 2.76. The molecule has 22 heavy (non-hydrogen) atoms. The van der Waals surface area contributed by atoms with E-state index in [0.717, 1.165) is 11.1 Å². The number of nitrogens with one attached hydrogen (secondary N) is 2. The van der Waals surface area contributed by atoms with Gasteiger partial charge in [0.05, 0.1) is 24.9 Å². The van der Waals surface area contributed by atoms with Gasteiger partial charge in [-0.15, -0.1) is 0 Å².